The molecule has 20 heavy (non-hydrogen) atoms. The second kappa shape index (κ2) is 5.98. The SMILES string of the molecule is CC(Cn1ccnc1)NC1CC(c2cccc(Cl)c2)C1. The van der Waals surface area contributed by atoms with Gasteiger partial charge in [-0.15, -0.1) is 0 Å². The molecule has 1 aliphatic rings. The van der Waals surface area contributed by atoms with Crippen LogP contribution in [-0.4, -0.2) is 21.6 Å². The van der Waals surface area contributed by atoms with Crippen molar-refractivity contribution in [2.24, 2.45) is 0 Å². The summed E-state index contributed by atoms with van der Waals surface area (Å²) < 4.78 is 2.12. The van der Waals surface area contributed by atoms with Gasteiger partial charge in [-0.05, 0) is 43.4 Å². The largest absolute Gasteiger partial charge is 0.336 e. The molecule has 1 heterocycles. The predicted molar refractivity (Wildman–Crippen MR) is 82.0 cm³/mol. The Labute approximate surface area is 125 Å². The van der Waals surface area contributed by atoms with Crippen LogP contribution in [0.15, 0.2) is 43.0 Å². The molecule has 1 N–H and O–H groups in total. The molecule has 0 radical (unpaired) electrons. The monoisotopic (exact) mass is 289 g/mol. The van der Waals surface area contributed by atoms with E-state index in [9.17, 15) is 0 Å². The van der Waals surface area contributed by atoms with Crippen LogP contribution >= 0.6 is 11.6 Å². The molecule has 2 aromatic rings. The minimum absolute atomic E-state index is 0.467. The summed E-state index contributed by atoms with van der Waals surface area (Å²) in [5.41, 5.74) is 1.37. The Hall–Kier alpha value is -1.32. The maximum atomic E-state index is 6.05. The first-order valence-electron chi connectivity index (χ1n) is 7.18. The van der Waals surface area contributed by atoms with Crippen molar-refractivity contribution in [3.8, 4) is 0 Å². The van der Waals surface area contributed by atoms with Crippen LogP contribution in [-0.2, 0) is 6.54 Å². The Kier molecular flexibility index (Phi) is 4.08. The topological polar surface area (TPSA) is 29.9 Å². The summed E-state index contributed by atoms with van der Waals surface area (Å²) in [6.45, 7) is 3.20. The Balaban J connectivity index is 1.46. The minimum Gasteiger partial charge on any atom is -0.336 e. The molecule has 1 fully saturated rings. The molecule has 1 atom stereocenters. The van der Waals surface area contributed by atoms with Crippen LogP contribution in [0.25, 0.3) is 0 Å². The van der Waals surface area contributed by atoms with E-state index < -0.39 is 0 Å². The standard InChI is InChI=1S/C16H20ClN3/c1-12(10-20-6-5-18-11-20)19-16-8-14(9-16)13-3-2-4-15(17)7-13/h2-7,11-12,14,16,19H,8-10H2,1H3. The summed E-state index contributed by atoms with van der Waals surface area (Å²) in [5, 5.41) is 4.53. The van der Waals surface area contributed by atoms with E-state index in [0.29, 0.717) is 18.0 Å². The highest BCUT2D eigenvalue weighted by atomic mass is 35.5. The highest BCUT2D eigenvalue weighted by Gasteiger charge is 2.30. The van der Waals surface area contributed by atoms with E-state index in [1.54, 1.807) is 0 Å². The molecular weight excluding hydrogens is 270 g/mol. The minimum atomic E-state index is 0.467. The average molecular weight is 290 g/mol. The van der Waals surface area contributed by atoms with Gasteiger partial charge >= 0.3 is 0 Å². The van der Waals surface area contributed by atoms with Crippen molar-refractivity contribution < 1.29 is 0 Å². The van der Waals surface area contributed by atoms with Gasteiger partial charge in [-0.1, -0.05) is 23.7 Å². The average Bonchev–Trinajstić information content (AvgIpc) is 2.86. The lowest BCUT2D eigenvalue weighted by molar-refractivity contribution is 0.260. The summed E-state index contributed by atoms with van der Waals surface area (Å²) in [5.74, 6) is 0.659. The van der Waals surface area contributed by atoms with E-state index in [2.05, 4.69) is 33.9 Å². The third-order valence-corrected chi connectivity index (χ3v) is 4.26. The van der Waals surface area contributed by atoms with Gasteiger partial charge in [0, 0.05) is 36.0 Å². The van der Waals surface area contributed by atoms with E-state index in [4.69, 9.17) is 11.6 Å². The van der Waals surface area contributed by atoms with Gasteiger partial charge in [0.1, 0.15) is 0 Å². The van der Waals surface area contributed by atoms with Gasteiger partial charge < -0.3 is 9.88 Å². The van der Waals surface area contributed by atoms with Gasteiger partial charge in [0.2, 0.25) is 0 Å². The number of nitrogens with zero attached hydrogens (tertiary/aromatic N) is 2. The highest BCUT2D eigenvalue weighted by Crippen LogP contribution is 2.37. The van der Waals surface area contributed by atoms with Crippen molar-refractivity contribution in [2.45, 2.75) is 44.3 Å². The zero-order valence-electron chi connectivity index (χ0n) is 11.7. The summed E-state index contributed by atoms with van der Waals surface area (Å²) in [7, 11) is 0. The van der Waals surface area contributed by atoms with Gasteiger partial charge in [-0.2, -0.15) is 0 Å². The maximum Gasteiger partial charge on any atom is 0.0946 e. The number of halogens is 1. The van der Waals surface area contributed by atoms with Crippen LogP contribution in [0.2, 0.25) is 5.02 Å². The zero-order chi connectivity index (χ0) is 13.9. The molecular formula is C16H20ClN3. The fraction of sp³-hybridized carbons (Fsp3) is 0.438. The molecule has 1 aromatic heterocycles. The lowest BCUT2D eigenvalue weighted by Crippen LogP contribution is -2.45. The number of rotatable bonds is 5. The highest BCUT2D eigenvalue weighted by molar-refractivity contribution is 6.30. The summed E-state index contributed by atoms with van der Waals surface area (Å²) in [6.07, 6.45) is 8.11. The lowest BCUT2D eigenvalue weighted by Gasteiger charge is -2.38. The van der Waals surface area contributed by atoms with Gasteiger partial charge in [-0.3, -0.25) is 0 Å². The first kappa shape index (κ1) is 13.7. The van der Waals surface area contributed by atoms with E-state index in [0.717, 1.165) is 11.6 Å². The van der Waals surface area contributed by atoms with Gasteiger partial charge in [0.15, 0.2) is 0 Å². The lowest BCUT2D eigenvalue weighted by atomic mass is 9.75. The first-order chi connectivity index (χ1) is 9.70. The van der Waals surface area contributed by atoms with Crippen LogP contribution in [0.3, 0.4) is 0 Å². The molecule has 106 valence electrons. The number of benzene rings is 1. The Morgan fingerprint density at radius 3 is 3.00 bits per heavy atom. The third kappa shape index (κ3) is 3.22. The molecule has 1 unspecified atom stereocenters. The first-order valence-corrected chi connectivity index (χ1v) is 7.56. The number of imidazole rings is 1. The third-order valence-electron chi connectivity index (χ3n) is 4.02. The Bertz CT molecular complexity index is 547. The summed E-state index contributed by atoms with van der Waals surface area (Å²) in [6, 6.07) is 9.35. The number of aromatic nitrogens is 2. The molecule has 0 aliphatic heterocycles. The fourth-order valence-corrected chi connectivity index (χ4v) is 3.15. The number of nitrogens with one attached hydrogen (secondary N) is 1. The van der Waals surface area contributed by atoms with Gasteiger partial charge in [0.05, 0.1) is 6.33 Å². The quantitative estimate of drug-likeness (QED) is 0.913. The summed E-state index contributed by atoms with van der Waals surface area (Å²) >= 11 is 6.05. The van der Waals surface area contributed by atoms with E-state index in [-0.39, 0.29) is 0 Å². The van der Waals surface area contributed by atoms with Crippen molar-refractivity contribution in [1.82, 2.24) is 14.9 Å². The Morgan fingerprint density at radius 2 is 2.30 bits per heavy atom. The molecule has 1 aromatic carbocycles. The van der Waals surface area contributed by atoms with Crippen molar-refractivity contribution in [3.63, 3.8) is 0 Å². The zero-order valence-corrected chi connectivity index (χ0v) is 12.4. The van der Waals surface area contributed by atoms with E-state index in [1.165, 1.54) is 18.4 Å². The van der Waals surface area contributed by atoms with Gasteiger partial charge in [0.25, 0.3) is 0 Å². The molecule has 3 nitrogen and oxygen atoms in total. The van der Waals surface area contributed by atoms with Crippen molar-refractivity contribution in [2.75, 3.05) is 0 Å². The number of hydrogen-bond acceptors (Lipinski definition) is 2. The van der Waals surface area contributed by atoms with Crippen LogP contribution in [0.5, 0.6) is 0 Å². The number of hydrogen-bond donors (Lipinski definition) is 1. The van der Waals surface area contributed by atoms with Crippen LogP contribution in [0, 0.1) is 0 Å². The molecule has 1 aliphatic carbocycles. The predicted octanol–water partition coefficient (Wildman–Crippen LogP) is 3.46. The fourth-order valence-electron chi connectivity index (χ4n) is 2.95. The van der Waals surface area contributed by atoms with Crippen LogP contribution in [0.4, 0.5) is 0 Å². The van der Waals surface area contributed by atoms with Crippen LogP contribution < -0.4 is 5.32 Å². The van der Waals surface area contributed by atoms with Crippen molar-refractivity contribution >= 4 is 11.6 Å². The molecule has 0 bridgehead atoms. The van der Waals surface area contributed by atoms with Crippen LogP contribution in [0.1, 0.15) is 31.2 Å². The second-order valence-corrected chi connectivity index (χ2v) is 6.18. The molecule has 1 saturated carbocycles. The normalized spacial score (nSPS) is 23.3. The van der Waals surface area contributed by atoms with Crippen molar-refractivity contribution in [3.05, 3.63) is 53.6 Å². The van der Waals surface area contributed by atoms with Gasteiger partial charge in [-0.25, -0.2) is 4.98 Å². The maximum absolute atomic E-state index is 6.05. The second-order valence-electron chi connectivity index (χ2n) is 5.75. The van der Waals surface area contributed by atoms with Crippen molar-refractivity contribution in [1.29, 1.82) is 0 Å². The molecule has 3 rings (SSSR count). The molecule has 0 spiro atoms. The molecule has 4 heteroatoms. The molecule has 0 saturated heterocycles. The Morgan fingerprint density at radius 1 is 1.45 bits per heavy atom. The summed E-state index contributed by atoms with van der Waals surface area (Å²) in [4.78, 5) is 4.07. The van der Waals surface area contributed by atoms with E-state index >= 15 is 0 Å². The smallest absolute Gasteiger partial charge is 0.0946 e. The van der Waals surface area contributed by atoms with E-state index in [1.807, 2.05) is 30.9 Å². The molecule has 0 amide bonds.